The Morgan fingerprint density at radius 1 is 1.36 bits per heavy atom. The summed E-state index contributed by atoms with van der Waals surface area (Å²) < 4.78 is 32.0. The van der Waals surface area contributed by atoms with E-state index in [0.29, 0.717) is 13.2 Å². The van der Waals surface area contributed by atoms with E-state index in [2.05, 4.69) is 10.3 Å². The number of benzene rings is 1. The maximum absolute atomic E-state index is 12.1. The number of nitrogens with one attached hydrogen (secondary N) is 1. The molecule has 0 radical (unpaired) electrons. The smallest absolute Gasteiger partial charge is 0.214 e. The van der Waals surface area contributed by atoms with Crippen molar-refractivity contribution < 1.29 is 13.2 Å². The first-order chi connectivity index (χ1) is 10.5. The Labute approximate surface area is 134 Å². The van der Waals surface area contributed by atoms with E-state index in [-0.39, 0.29) is 17.7 Å². The lowest BCUT2D eigenvalue weighted by Gasteiger charge is -2.20. The molecule has 1 aromatic carbocycles. The van der Waals surface area contributed by atoms with E-state index in [1.807, 2.05) is 24.3 Å². The highest BCUT2D eigenvalue weighted by Gasteiger charge is 2.33. The van der Waals surface area contributed by atoms with Gasteiger partial charge in [0.05, 0.1) is 35.2 Å². The van der Waals surface area contributed by atoms with Crippen LogP contribution in [-0.4, -0.2) is 56.8 Å². The Morgan fingerprint density at radius 3 is 2.86 bits per heavy atom. The Morgan fingerprint density at radius 2 is 2.14 bits per heavy atom. The molecule has 0 saturated carbocycles. The van der Waals surface area contributed by atoms with Gasteiger partial charge in [0.25, 0.3) is 0 Å². The zero-order valence-electron chi connectivity index (χ0n) is 12.5. The van der Waals surface area contributed by atoms with Crippen LogP contribution < -0.4 is 5.32 Å². The number of fused-ring (bicyclic) bond motifs is 1. The predicted molar refractivity (Wildman–Crippen MR) is 88.8 cm³/mol. The lowest BCUT2D eigenvalue weighted by Crippen LogP contribution is -2.36. The third kappa shape index (κ3) is 3.24. The molecule has 1 aromatic heterocycles. The quantitative estimate of drug-likeness (QED) is 0.895. The topological polar surface area (TPSA) is 71.5 Å². The number of anilines is 1. The van der Waals surface area contributed by atoms with E-state index in [4.69, 9.17) is 4.74 Å². The van der Waals surface area contributed by atoms with E-state index in [1.54, 1.807) is 25.4 Å². The third-order valence-corrected chi connectivity index (χ3v) is 6.71. The number of para-hydroxylation sites is 1. The summed E-state index contributed by atoms with van der Waals surface area (Å²) >= 11 is 1.57. The molecule has 1 aliphatic heterocycles. The highest BCUT2D eigenvalue weighted by atomic mass is 32.2. The van der Waals surface area contributed by atoms with Crippen molar-refractivity contribution in [3.8, 4) is 0 Å². The zero-order chi connectivity index (χ0) is 15.7. The molecule has 22 heavy (non-hydrogen) atoms. The van der Waals surface area contributed by atoms with Gasteiger partial charge in [0.15, 0.2) is 5.13 Å². The number of aromatic nitrogens is 1. The minimum Gasteiger partial charge on any atom is -0.379 e. The average molecular weight is 341 g/mol. The second kappa shape index (κ2) is 6.11. The van der Waals surface area contributed by atoms with Crippen LogP contribution >= 0.6 is 11.3 Å². The van der Waals surface area contributed by atoms with Crippen LogP contribution in [0.25, 0.3) is 10.2 Å². The molecular formula is C14H19N3O3S2. The molecule has 1 fully saturated rings. The van der Waals surface area contributed by atoms with E-state index in [1.165, 1.54) is 4.31 Å². The number of nitrogens with zero attached hydrogens (tertiary/aromatic N) is 2. The van der Waals surface area contributed by atoms with Crippen molar-refractivity contribution in [2.75, 3.05) is 38.4 Å². The molecule has 0 aliphatic carbocycles. The highest BCUT2D eigenvalue weighted by molar-refractivity contribution is 7.89. The lowest BCUT2D eigenvalue weighted by molar-refractivity contribution is 0.187. The first kappa shape index (κ1) is 15.7. The summed E-state index contributed by atoms with van der Waals surface area (Å²) in [6.07, 6.45) is 0. The third-order valence-electron chi connectivity index (χ3n) is 3.78. The summed E-state index contributed by atoms with van der Waals surface area (Å²) in [5.74, 6) is 0.0159. The second-order valence-electron chi connectivity index (χ2n) is 5.60. The predicted octanol–water partition coefficient (Wildman–Crippen LogP) is 1.61. The molecule has 0 bridgehead atoms. The van der Waals surface area contributed by atoms with Crippen molar-refractivity contribution in [1.82, 2.24) is 9.29 Å². The summed E-state index contributed by atoms with van der Waals surface area (Å²) in [7, 11) is -0.122. The summed E-state index contributed by atoms with van der Waals surface area (Å²) in [4.78, 5) is 4.53. The fourth-order valence-corrected chi connectivity index (χ4v) is 4.53. The van der Waals surface area contributed by atoms with Gasteiger partial charge in [0.1, 0.15) is 0 Å². The minimum absolute atomic E-state index is 0.0321. The normalized spacial score (nSPS) is 22.5. The Hall–Kier alpha value is -1.22. The van der Waals surface area contributed by atoms with Crippen molar-refractivity contribution in [3.63, 3.8) is 0 Å². The number of hydrogen-bond acceptors (Lipinski definition) is 6. The second-order valence-corrected chi connectivity index (χ2v) is 8.85. The summed E-state index contributed by atoms with van der Waals surface area (Å²) in [5, 5.41) is 4.15. The van der Waals surface area contributed by atoms with Crippen LogP contribution in [0.3, 0.4) is 0 Å². The van der Waals surface area contributed by atoms with E-state index >= 15 is 0 Å². The fourth-order valence-electron chi connectivity index (χ4n) is 2.43. The molecule has 1 aliphatic rings. The number of sulfonamides is 1. The number of ether oxygens (including phenoxy) is 1. The SMILES string of the molecule is CN(C)S(=O)(=O)C[C@@H]1COC[C@H]1Nc1nc2ccccc2s1. The average Bonchev–Trinajstić information content (AvgIpc) is 3.05. The van der Waals surface area contributed by atoms with Gasteiger partial charge in [-0.25, -0.2) is 17.7 Å². The van der Waals surface area contributed by atoms with Crippen LogP contribution in [0.5, 0.6) is 0 Å². The van der Waals surface area contributed by atoms with Gasteiger partial charge in [-0.1, -0.05) is 23.5 Å². The number of thiazole rings is 1. The van der Waals surface area contributed by atoms with Gasteiger partial charge in [0.2, 0.25) is 10.0 Å². The molecule has 8 heteroatoms. The Bertz CT molecular complexity index is 725. The largest absolute Gasteiger partial charge is 0.379 e. The molecule has 120 valence electrons. The first-order valence-corrected chi connectivity index (χ1v) is 9.48. The monoisotopic (exact) mass is 341 g/mol. The highest BCUT2D eigenvalue weighted by Crippen LogP contribution is 2.28. The molecule has 3 rings (SSSR count). The zero-order valence-corrected chi connectivity index (χ0v) is 14.2. The summed E-state index contributed by atoms with van der Waals surface area (Å²) in [6.45, 7) is 0.958. The van der Waals surface area contributed by atoms with E-state index in [9.17, 15) is 8.42 Å². The lowest BCUT2D eigenvalue weighted by atomic mass is 10.1. The molecule has 2 heterocycles. The molecule has 0 spiro atoms. The van der Waals surface area contributed by atoms with Gasteiger partial charge in [-0.15, -0.1) is 0 Å². The van der Waals surface area contributed by atoms with Crippen LogP contribution in [0.1, 0.15) is 0 Å². The molecule has 0 unspecified atom stereocenters. The van der Waals surface area contributed by atoms with Crippen molar-refractivity contribution in [2.24, 2.45) is 5.92 Å². The molecule has 6 nitrogen and oxygen atoms in total. The van der Waals surface area contributed by atoms with Crippen molar-refractivity contribution in [3.05, 3.63) is 24.3 Å². The molecule has 0 amide bonds. The van der Waals surface area contributed by atoms with Crippen LogP contribution in [0.15, 0.2) is 24.3 Å². The van der Waals surface area contributed by atoms with Gasteiger partial charge >= 0.3 is 0 Å². The number of rotatable bonds is 5. The molecule has 1 N–H and O–H groups in total. The molecule has 2 aromatic rings. The minimum atomic E-state index is -3.24. The van der Waals surface area contributed by atoms with Crippen molar-refractivity contribution >= 4 is 36.7 Å². The van der Waals surface area contributed by atoms with Gasteiger partial charge in [-0.2, -0.15) is 0 Å². The van der Waals surface area contributed by atoms with E-state index < -0.39 is 10.0 Å². The van der Waals surface area contributed by atoms with Crippen LogP contribution in [0.2, 0.25) is 0 Å². The van der Waals surface area contributed by atoms with E-state index in [0.717, 1.165) is 15.3 Å². The Kier molecular flexibility index (Phi) is 4.35. The van der Waals surface area contributed by atoms with Gasteiger partial charge < -0.3 is 10.1 Å². The van der Waals surface area contributed by atoms with Crippen LogP contribution in [-0.2, 0) is 14.8 Å². The Balaban J connectivity index is 1.73. The molecular weight excluding hydrogens is 322 g/mol. The summed E-state index contributed by atoms with van der Waals surface area (Å²) in [6, 6.07) is 7.90. The van der Waals surface area contributed by atoms with Crippen LogP contribution in [0, 0.1) is 5.92 Å². The maximum atomic E-state index is 12.1. The van der Waals surface area contributed by atoms with Gasteiger partial charge in [-0.3, -0.25) is 0 Å². The fraction of sp³-hybridized carbons (Fsp3) is 0.500. The molecule has 2 atom stereocenters. The maximum Gasteiger partial charge on any atom is 0.214 e. The first-order valence-electron chi connectivity index (χ1n) is 7.06. The number of hydrogen-bond donors (Lipinski definition) is 1. The van der Waals surface area contributed by atoms with Gasteiger partial charge in [-0.05, 0) is 12.1 Å². The molecule has 1 saturated heterocycles. The van der Waals surface area contributed by atoms with Crippen molar-refractivity contribution in [1.29, 1.82) is 0 Å². The van der Waals surface area contributed by atoms with Crippen molar-refractivity contribution in [2.45, 2.75) is 6.04 Å². The summed E-state index contributed by atoms with van der Waals surface area (Å²) in [5.41, 5.74) is 0.950. The standard InChI is InChI=1S/C14H19N3O3S2/c1-17(2)22(18,19)9-10-7-20-8-12(10)16-14-15-11-5-3-4-6-13(11)21-14/h3-6,10,12H,7-9H2,1-2H3,(H,15,16)/t10-,12+/m0/s1. The van der Waals surface area contributed by atoms with Gasteiger partial charge in [0, 0.05) is 20.0 Å². The van der Waals surface area contributed by atoms with Crippen LogP contribution in [0.4, 0.5) is 5.13 Å².